The summed E-state index contributed by atoms with van der Waals surface area (Å²) >= 11 is 1.33. The standard InChI is InChI=1S/C22H21N3O3S/c1-12-2-4-13(5-3-12)16(11-17(26)24-22-23-8-9-29-22)25-20(27)18-14-6-7-15(10-14)19(18)21(25)28/h2-9,14-16,18-19H,10-11H2,1H3,(H,23,24,26). The lowest BCUT2D eigenvalue weighted by Crippen LogP contribution is -2.38. The molecule has 1 aliphatic heterocycles. The van der Waals surface area contributed by atoms with Crippen molar-refractivity contribution >= 4 is 34.2 Å². The predicted molar refractivity (Wildman–Crippen MR) is 109 cm³/mol. The van der Waals surface area contributed by atoms with Crippen LogP contribution >= 0.6 is 11.3 Å². The molecule has 5 rings (SSSR count). The van der Waals surface area contributed by atoms with Gasteiger partial charge < -0.3 is 5.32 Å². The highest BCUT2D eigenvalue weighted by Gasteiger charge is 2.60. The molecule has 1 saturated heterocycles. The number of fused-ring (bicyclic) bond motifs is 5. The number of allylic oxidation sites excluding steroid dienone is 2. The van der Waals surface area contributed by atoms with Crippen molar-refractivity contribution in [1.29, 1.82) is 0 Å². The van der Waals surface area contributed by atoms with Crippen molar-refractivity contribution in [3.8, 4) is 0 Å². The van der Waals surface area contributed by atoms with E-state index in [9.17, 15) is 14.4 Å². The number of carbonyl (C=O) groups excluding carboxylic acids is 3. The Bertz CT molecular complexity index is 969. The van der Waals surface area contributed by atoms with Gasteiger partial charge in [0, 0.05) is 11.6 Å². The van der Waals surface area contributed by atoms with Gasteiger partial charge >= 0.3 is 0 Å². The van der Waals surface area contributed by atoms with Crippen LogP contribution in [-0.4, -0.2) is 27.6 Å². The van der Waals surface area contributed by atoms with Crippen molar-refractivity contribution in [1.82, 2.24) is 9.88 Å². The molecule has 29 heavy (non-hydrogen) atoms. The number of nitrogens with one attached hydrogen (secondary N) is 1. The molecule has 1 N–H and O–H groups in total. The Morgan fingerprint density at radius 1 is 1.17 bits per heavy atom. The van der Waals surface area contributed by atoms with Crippen LogP contribution in [0.4, 0.5) is 5.13 Å². The van der Waals surface area contributed by atoms with Gasteiger partial charge in [-0.15, -0.1) is 11.3 Å². The van der Waals surface area contributed by atoms with Crippen LogP contribution in [-0.2, 0) is 14.4 Å². The number of hydrogen-bond donors (Lipinski definition) is 1. The summed E-state index contributed by atoms with van der Waals surface area (Å²) in [5, 5.41) is 5.07. The lowest BCUT2D eigenvalue weighted by molar-refractivity contribution is -0.144. The molecule has 3 aliphatic rings. The number of aryl methyl sites for hydroxylation is 1. The van der Waals surface area contributed by atoms with Crippen molar-refractivity contribution < 1.29 is 14.4 Å². The number of likely N-dealkylation sites (tertiary alicyclic amines) is 1. The van der Waals surface area contributed by atoms with Crippen LogP contribution in [0.3, 0.4) is 0 Å². The quantitative estimate of drug-likeness (QED) is 0.609. The molecule has 3 amide bonds. The summed E-state index contributed by atoms with van der Waals surface area (Å²) in [6.45, 7) is 1.98. The molecule has 2 aliphatic carbocycles. The third-order valence-electron chi connectivity index (χ3n) is 6.34. The van der Waals surface area contributed by atoms with Gasteiger partial charge in [-0.2, -0.15) is 0 Å². The second-order valence-corrected chi connectivity index (χ2v) is 8.96. The van der Waals surface area contributed by atoms with Crippen molar-refractivity contribution in [3.05, 3.63) is 59.1 Å². The number of amides is 3. The number of imide groups is 1. The van der Waals surface area contributed by atoms with Crippen LogP contribution in [0, 0.1) is 30.6 Å². The van der Waals surface area contributed by atoms with Gasteiger partial charge in [-0.25, -0.2) is 4.98 Å². The summed E-state index contributed by atoms with van der Waals surface area (Å²) < 4.78 is 0. The van der Waals surface area contributed by atoms with E-state index in [0.717, 1.165) is 17.5 Å². The highest BCUT2D eigenvalue weighted by Crippen LogP contribution is 2.54. The minimum Gasteiger partial charge on any atom is -0.302 e. The Kier molecular flexibility index (Phi) is 4.35. The second kappa shape index (κ2) is 6.91. The number of benzene rings is 1. The maximum absolute atomic E-state index is 13.3. The third-order valence-corrected chi connectivity index (χ3v) is 7.02. The molecule has 5 atom stereocenters. The minimum absolute atomic E-state index is 0.0162. The first-order valence-corrected chi connectivity index (χ1v) is 10.7. The topological polar surface area (TPSA) is 79.4 Å². The Labute approximate surface area is 172 Å². The van der Waals surface area contributed by atoms with E-state index >= 15 is 0 Å². The Hall–Kier alpha value is -2.80. The average molecular weight is 407 g/mol. The molecular formula is C22H21N3O3S. The Morgan fingerprint density at radius 2 is 1.83 bits per heavy atom. The molecule has 2 bridgehead atoms. The van der Waals surface area contributed by atoms with E-state index in [1.807, 2.05) is 31.2 Å². The predicted octanol–water partition coefficient (Wildman–Crippen LogP) is 3.33. The maximum Gasteiger partial charge on any atom is 0.234 e. The van der Waals surface area contributed by atoms with Crippen LogP contribution in [0.5, 0.6) is 0 Å². The number of aromatic nitrogens is 1. The smallest absolute Gasteiger partial charge is 0.234 e. The molecule has 1 aromatic heterocycles. The van der Waals surface area contributed by atoms with Gasteiger partial charge in [0.05, 0.1) is 24.3 Å². The number of hydrogen-bond acceptors (Lipinski definition) is 5. The van der Waals surface area contributed by atoms with Gasteiger partial charge in [-0.1, -0.05) is 42.0 Å². The van der Waals surface area contributed by atoms with Crippen LogP contribution in [0.1, 0.15) is 30.0 Å². The monoisotopic (exact) mass is 407 g/mol. The number of nitrogens with zero attached hydrogens (tertiary/aromatic N) is 2. The van der Waals surface area contributed by atoms with Crippen molar-refractivity contribution in [2.75, 3.05) is 5.32 Å². The van der Waals surface area contributed by atoms with E-state index in [1.54, 1.807) is 11.6 Å². The molecular weight excluding hydrogens is 386 g/mol. The summed E-state index contributed by atoms with van der Waals surface area (Å²) in [4.78, 5) is 44.8. The number of thiazole rings is 1. The zero-order valence-corrected chi connectivity index (χ0v) is 16.8. The van der Waals surface area contributed by atoms with Gasteiger partial charge in [0.1, 0.15) is 0 Å². The molecule has 2 heterocycles. The van der Waals surface area contributed by atoms with Crippen LogP contribution < -0.4 is 5.32 Å². The molecule has 1 aromatic carbocycles. The number of anilines is 1. The first kappa shape index (κ1) is 18.2. The first-order valence-electron chi connectivity index (χ1n) is 9.84. The average Bonchev–Trinajstić information content (AvgIpc) is 3.47. The highest BCUT2D eigenvalue weighted by molar-refractivity contribution is 7.13. The molecule has 0 spiro atoms. The summed E-state index contributed by atoms with van der Waals surface area (Å²) in [6.07, 6.45) is 6.69. The molecule has 148 valence electrons. The molecule has 6 nitrogen and oxygen atoms in total. The molecule has 7 heteroatoms. The molecule has 2 fully saturated rings. The van der Waals surface area contributed by atoms with Crippen molar-refractivity contribution in [2.24, 2.45) is 23.7 Å². The van der Waals surface area contributed by atoms with E-state index in [1.165, 1.54) is 16.2 Å². The largest absolute Gasteiger partial charge is 0.302 e. The second-order valence-electron chi connectivity index (χ2n) is 8.06. The number of rotatable bonds is 5. The van der Waals surface area contributed by atoms with E-state index in [-0.39, 0.29) is 47.8 Å². The summed E-state index contributed by atoms with van der Waals surface area (Å²) in [5.74, 6) is -0.776. The van der Waals surface area contributed by atoms with E-state index in [0.29, 0.717) is 5.13 Å². The van der Waals surface area contributed by atoms with E-state index in [4.69, 9.17) is 0 Å². The van der Waals surface area contributed by atoms with Gasteiger partial charge in [0.2, 0.25) is 17.7 Å². The SMILES string of the molecule is Cc1ccc(C(CC(=O)Nc2nccs2)N2C(=O)C3C4C=CC(C4)C3C2=O)cc1. The van der Waals surface area contributed by atoms with E-state index < -0.39 is 6.04 Å². The van der Waals surface area contributed by atoms with Gasteiger partial charge in [-0.3, -0.25) is 19.3 Å². The summed E-state index contributed by atoms with van der Waals surface area (Å²) in [6, 6.07) is 7.08. The highest BCUT2D eigenvalue weighted by atomic mass is 32.1. The van der Waals surface area contributed by atoms with E-state index in [2.05, 4.69) is 22.5 Å². The lowest BCUT2D eigenvalue weighted by Gasteiger charge is -2.28. The number of carbonyl (C=O) groups is 3. The Morgan fingerprint density at radius 3 is 2.41 bits per heavy atom. The van der Waals surface area contributed by atoms with Gasteiger partial charge in [0.15, 0.2) is 5.13 Å². The minimum atomic E-state index is -0.611. The fourth-order valence-corrected chi connectivity index (χ4v) is 5.56. The Balaban J connectivity index is 1.45. The van der Waals surface area contributed by atoms with Crippen LogP contribution in [0.2, 0.25) is 0 Å². The fraction of sp³-hybridized carbons (Fsp3) is 0.364. The van der Waals surface area contributed by atoms with Crippen LogP contribution in [0.15, 0.2) is 48.0 Å². The molecule has 0 radical (unpaired) electrons. The lowest BCUT2D eigenvalue weighted by atomic mass is 9.85. The zero-order chi connectivity index (χ0) is 20.1. The van der Waals surface area contributed by atoms with Crippen molar-refractivity contribution in [2.45, 2.75) is 25.8 Å². The molecule has 2 aromatic rings. The van der Waals surface area contributed by atoms with Gasteiger partial charge in [-0.05, 0) is 30.7 Å². The first-order chi connectivity index (χ1) is 14.0. The van der Waals surface area contributed by atoms with Crippen molar-refractivity contribution in [3.63, 3.8) is 0 Å². The van der Waals surface area contributed by atoms with Gasteiger partial charge in [0.25, 0.3) is 0 Å². The third kappa shape index (κ3) is 3.00. The molecule has 1 saturated carbocycles. The summed E-state index contributed by atoms with van der Waals surface area (Å²) in [7, 11) is 0. The summed E-state index contributed by atoms with van der Waals surface area (Å²) in [5.41, 5.74) is 1.88. The zero-order valence-electron chi connectivity index (χ0n) is 15.9. The normalized spacial score (nSPS) is 28.1. The molecule has 5 unspecified atom stereocenters. The van der Waals surface area contributed by atoms with Crippen LogP contribution in [0.25, 0.3) is 0 Å². The fourth-order valence-electron chi connectivity index (χ4n) is 5.01. The maximum atomic E-state index is 13.3.